The zero-order valence-electron chi connectivity index (χ0n) is 14.0. The first kappa shape index (κ1) is 16.1. The first-order valence-electron chi connectivity index (χ1n) is 8.24. The molecule has 0 N–H and O–H groups in total. The van der Waals surface area contributed by atoms with Gasteiger partial charge in [-0.15, -0.1) is 11.3 Å². The van der Waals surface area contributed by atoms with Crippen LogP contribution in [0, 0.1) is 12.8 Å². The molecule has 4 nitrogen and oxygen atoms in total. The van der Waals surface area contributed by atoms with Crippen LogP contribution in [0.4, 0.5) is 0 Å². The van der Waals surface area contributed by atoms with E-state index in [4.69, 9.17) is 0 Å². The fourth-order valence-electron chi connectivity index (χ4n) is 3.38. The maximum atomic E-state index is 12.9. The molecule has 0 aromatic carbocycles. The van der Waals surface area contributed by atoms with Crippen LogP contribution >= 0.6 is 11.3 Å². The van der Waals surface area contributed by atoms with E-state index in [9.17, 15) is 4.79 Å². The third-order valence-corrected chi connectivity index (χ3v) is 5.93. The quantitative estimate of drug-likeness (QED) is 0.849. The average molecular weight is 329 g/mol. The Morgan fingerprint density at radius 1 is 1.30 bits per heavy atom. The minimum absolute atomic E-state index is 0.0981. The van der Waals surface area contributed by atoms with Crippen LogP contribution in [-0.4, -0.2) is 33.9 Å². The molecule has 0 spiro atoms. The van der Waals surface area contributed by atoms with E-state index >= 15 is 0 Å². The second kappa shape index (κ2) is 6.79. The summed E-state index contributed by atoms with van der Waals surface area (Å²) in [5.74, 6) is 0.669. The molecule has 2 aromatic rings. The molecule has 0 saturated heterocycles. The number of carbonyl (C=O) groups excluding carboxylic acids is 1. The van der Waals surface area contributed by atoms with Gasteiger partial charge in [-0.3, -0.25) is 9.78 Å². The van der Waals surface area contributed by atoms with Crippen LogP contribution in [0.15, 0.2) is 24.4 Å². The first-order valence-corrected chi connectivity index (χ1v) is 9.05. The van der Waals surface area contributed by atoms with E-state index in [0.29, 0.717) is 12.0 Å². The molecule has 0 radical (unpaired) electrons. The van der Waals surface area contributed by atoms with E-state index in [1.54, 1.807) is 6.20 Å². The topological polar surface area (TPSA) is 46.1 Å². The Kier molecular flexibility index (Phi) is 4.76. The molecule has 2 unspecified atom stereocenters. The summed E-state index contributed by atoms with van der Waals surface area (Å²) in [6.07, 6.45) is 6.57. The minimum atomic E-state index is 0.0981. The fraction of sp³-hybridized carbons (Fsp3) is 0.500. The van der Waals surface area contributed by atoms with Gasteiger partial charge in [0.15, 0.2) is 0 Å². The van der Waals surface area contributed by atoms with Crippen molar-refractivity contribution in [2.24, 2.45) is 5.92 Å². The summed E-state index contributed by atoms with van der Waals surface area (Å²) in [4.78, 5) is 24.5. The van der Waals surface area contributed by atoms with Gasteiger partial charge in [0.25, 0.3) is 5.91 Å². The lowest BCUT2D eigenvalue weighted by molar-refractivity contribution is 0.0633. The normalized spacial score (nSPS) is 21.2. The zero-order chi connectivity index (χ0) is 16.4. The van der Waals surface area contributed by atoms with Gasteiger partial charge in [-0.25, -0.2) is 4.98 Å². The number of thiazole rings is 1. The number of rotatable bonds is 3. The molecule has 1 saturated carbocycles. The second-order valence-corrected chi connectivity index (χ2v) is 7.39. The van der Waals surface area contributed by atoms with E-state index < -0.39 is 0 Å². The van der Waals surface area contributed by atoms with Crippen molar-refractivity contribution in [2.45, 2.75) is 45.6 Å². The van der Waals surface area contributed by atoms with Gasteiger partial charge >= 0.3 is 0 Å². The van der Waals surface area contributed by atoms with Crippen molar-refractivity contribution < 1.29 is 4.79 Å². The Bertz CT molecular complexity index is 683. The predicted octanol–water partition coefficient (Wildman–Crippen LogP) is 4.16. The molecule has 2 heterocycles. The molecular weight excluding hydrogens is 306 g/mol. The van der Waals surface area contributed by atoms with Gasteiger partial charge < -0.3 is 4.90 Å². The predicted molar refractivity (Wildman–Crippen MR) is 93.6 cm³/mol. The molecule has 23 heavy (non-hydrogen) atoms. The second-order valence-electron chi connectivity index (χ2n) is 6.39. The molecule has 1 aliphatic rings. The van der Waals surface area contributed by atoms with E-state index in [0.717, 1.165) is 27.7 Å². The van der Waals surface area contributed by atoms with Crippen LogP contribution < -0.4 is 0 Å². The monoisotopic (exact) mass is 329 g/mol. The van der Waals surface area contributed by atoms with E-state index in [-0.39, 0.29) is 5.91 Å². The van der Waals surface area contributed by atoms with Gasteiger partial charge in [-0.1, -0.05) is 25.8 Å². The number of hydrogen-bond acceptors (Lipinski definition) is 4. The van der Waals surface area contributed by atoms with Crippen molar-refractivity contribution in [3.8, 4) is 10.7 Å². The summed E-state index contributed by atoms with van der Waals surface area (Å²) in [6.45, 7) is 4.17. The summed E-state index contributed by atoms with van der Waals surface area (Å²) in [7, 11) is 1.94. The van der Waals surface area contributed by atoms with Crippen molar-refractivity contribution in [2.75, 3.05) is 7.05 Å². The summed E-state index contributed by atoms with van der Waals surface area (Å²) in [6, 6.07) is 6.10. The largest absolute Gasteiger partial charge is 0.338 e. The van der Waals surface area contributed by atoms with Gasteiger partial charge in [-0.05, 0) is 37.8 Å². The number of carbonyl (C=O) groups is 1. The van der Waals surface area contributed by atoms with Crippen molar-refractivity contribution in [3.05, 3.63) is 35.0 Å². The number of amides is 1. The Morgan fingerprint density at radius 2 is 2.09 bits per heavy atom. The standard InChI is InChI=1S/C18H23N3OS/c1-12-8-4-5-10-15(12)21(3)18(22)16-13(2)20-17(23-16)14-9-6-7-11-19-14/h6-7,9,11-12,15H,4-5,8,10H2,1-3H3. The van der Waals surface area contributed by atoms with Crippen molar-refractivity contribution >= 4 is 17.2 Å². The van der Waals surface area contributed by atoms with E-state index in [1.165, 1.54) is 30.6 Å². The average Bonchev–Trinajstić information content (AvgIpc) is 2.97. The summed E-state index contributed by atoms with van der Waals surface area (Å²) < 4.78 is 0. The number of pyridine rings is 1. The van der Waals surface area contributed by atoms with Crippen LogP contribution in [0.1, 0.15) is 48.0 Å². The highest BCUT2D eigenvalue weighted by molar-refractivity contribution is 7.17. The van der Waals surface area contributed by atoms with Gasteiger partial charge in [-0.2, -0.15) is 0 Å². The van der Waals surface area contributed by atoms with Crippen LogP contribution in [0.3, 0.4) is 0 Å². The number of aryl methyl sites for hydroxylation is 1. The Labute approximate surface area is 141 Å². The highest BCUT2D eigenvalue weighted by Gasteiger charge is 2.30. The maximum Gasteiger partial charge on any atom is 0.265 e. The molecule has 3 rings (SSSR count). The van der Waals surface area contributed by atoms with Crippen molar-refractivity contribution in [3.63, 3.8) is 0 Å². The number of aromatic nitrogens is 2. The van der Waals surface area contributed by atoms with Crippen LogP contribution in [0.2, 0.25) is 0 Å². The highest BCUT2D eigenvalue weighted by Crippen LogP contribution is 2.31. The molecule has 1 amide bonds. The third-order valence-electron chi connectivity index (χ3n) is 4.76. The number of hydrogen-bond donors (Lipinski definition) is 0. The smallest absolute Gasteiger partial charge is 0.265 e. The lowest BCUT2D eigenvalue weighted by atomic mass is 9.85. The van der Waals surface area contributed by atoms with Crippen LogP contribution in [-0.2, 0) is 0 Å². The molecule has 2 atom stereocenters. The Hall–Kier alpha value is -1.75. The summed E-state index contributed by atoms with van der Waals surface area (Å²) >= 11 is 1.45. The van der Waals surface area contributed by atoms with Gasteiger partial charge in [0.05, 0.1) is 11.4 Å². The molecular formula is C18H23N3OS. The Morgan fingerprint density at radius 3 is 2.78 bits per heavy atom. The Balaban J connectivity index is 1.83. The highest BCUT2D eigenvalue weighted by atomic mass is 32.1. The maximum absolute atomic E-state index is 12.9. The lowest BCUT2D eigenvalue weighted by Gasteiger charge is -2.36. The van der Waals surface area contributed by atoms with Gasteiger partial charge in [0.1, 0.15) is 9.88 Å². The van der Waals surface area contributed by atoms with Crippen LogP contribution in [0.25, 0.3) is 10.7 Å². The molecule has 2 aromatic heterocycles. The van der Waals surface area contributed by atoms with Crippen molar-refractivity contribution in [1.29, 1.82) is 0 Å². The molecule has 5 heteroatoms. The molecule has 0 bridgehead atoms. The number of nitrogens with zero attached hydrogens (tertiary/aromatic N) is 3. The lowest BCUT2D eigenvalue weighted by Crippen LogP contribution is -2.42. The fourth-order valence-corrected chi connectivity index (χ4v) is 4.40. The minimum Gasteiger partial charge on any atom is -0.338 e. The third kappa shape index (κ3) is 3.29. The molecule has 1 aliphatic carbocycles. The van der Waals surface area contributed by atoms with Crippen LogP contribution in [0.5, 0.6) is 0 Å². The SMILES string of the molecule is Cc1nc(-c2ccccn2)sc1C(=O)N(C)C1CCCCC1C. The zero-order valence-corrected chi connectivity index (χ0v) is 14.8. The van der Waals surface area contributed by atoms with Crippen molar-refractivity contribution in [1.82, 2.24) is 14.9 Å². The first-order chi connectivity index (χ1) is 11.1. The molecule has 122 valence electrons. The summed E-state index contributed by atoms with van der Waals surface area (Å²) in [5, 5.41) is 0.816. The van der Waals surface area contributed by atoms with E-state index in [1.807, 2.05) is 37.1 Å². The summed E-state index contributed by atoms with van der Waals surface area (Å²) in [5.41, 5.74) is 1.63. The van der Waals surface area contributed by atoms with Gasteiger partial charge in [0.2, 0.25) is 0 Å². The van der Waals surface area contributed by atoms with Gasteiger partial charge in [0, 0.05) is 19.3 Å². The van der Waals surface area contributed by atoms with E-state index in [2.05, 4.69) is 16.9 Å². The molecule has 0 aliphatic heterocycles. The molecule has 1 fully saturated rings.